The molecule has 1 aromatic rings. The number of hydrogen-bond donors (Lipinski definition) is 0. The van der Waals surface area contributed by atoms with Crippen molar-refractivity contribution in [2.45, 2.75) is 6.54 Å². The third-order valence-electron chi connectivity index (χ3n) is 2.71. The van der Waals surface area contributed by atoms with Crippen LogP contribution in [-0.4, -0.2) is 24.8 Å². The highest BCUT2D eigenvalue weighted by Crippen LogP contribution is 2.37. The van der Waals surface area contributed by atoms with Gasteiger partial charge in [0, 0.05) is 24.1 Å². The maximum absolute atomic E-state index is 5.39. The van der Waals surface area contributed by atoms with Crippen LogP contribution in [-0.2, 0) is 6.54 Å². The van der Waals surface area contributed by atoms with E-state index >= 15 is 0 Å². The molecule has 0 saturated carbocycles. The summed E-state index contributed by atoms with van der Waals surface area (Å²) in [6, 6.07) is 3.98. The average Bonchev–Trinajstić information content (AvgIpc) is 2.77. The van der Waals surface area contributed by atoms with Gasteiger partial charge in [-0.15, -0.1) is 13.2 Å². The molecule has 0 bridgehead atoms. The lowest BCUT2D eigenvalue weighted by Gasteiger charge is -2.19. The van der Waals surface area contributed by atoms with Crippen molar-refractivity contribution in [3.05, 3.63) is 47.5 Å². The van der Waals surface area contributed by atoms with Crippen LogP contribution in [0.15, 0.2) is 41.9 Å². The van der Waals surface area contributed by atoms with E-state index in [0.29, 0.717) is 6.79 Å². The SMILES string of the molecule is C=CCN(CC=C)Cc1cc2c(cc1Br)OCO2. The molecule has 0 saturated heterocycles. The highest BCUT2D eigenvalue weighted by molar-refractivity contribution is 9.10. The van der Waals surface area contributed by atoms with E-state index in [4.69, 9.17) is 9.47 Å². The molecule has 3 nitrogen and oxygen atoms in total. The van der Waals surface area contributed by atoms with Crippen LogP contribution in [0.2, 0.25) is 0 Å². The number of nitrogens with zero attached hydrogens (tertiary/aromatic N) is 1. The quantitative estimate of drug-likeness (QED) is 0.752. The largest absolute Gasteiger partial charge is 0.454 e. The molecule has 1 aliphatic heterocycles. The molecule has 0 amide bonds. The third-order valence-corrected chi connectivity index (χ3v) is 3.45. The summed E-state index contributed by atoms with van der Waals surface area (Å²) in [5, 5.41) is 0. The van der Waals surface area contributed by atoms with Crippen LogP contribution in [0.25, 0.3) is 0 Å². The zero-order chi connectivity index (χ0) is 13.0. The van der Waals surface area contributed by atoms with Crippen molar-refractivity contribution in [3.8, 4) is 11.5 Å². The fraction of sp³-hybridized carbons (Fsp3) is 0.286. The van der Waals surface area contributed by atoms with E-state index in [9.17, 15) is 0 Å². The minimum Gasteiger partial charge on any atom is -0.454 e. The van der Waals surface area contributed by atoms with Crippen molar-refractivity contribution < 1.29 is 9.47 Å². The Hall–Kier alpha value is -1.26. The molecule has 0 aromatic heterocycles. The molecule has 2 rings (SSSR count). The second-order valence-corrected chi connectivity index (χ2v) is 4.92. The number of benzene rings is 1. The molecule has 4 heteroatoms. The smallest absolute Gasteiger partial charge is 0.231 e. The van der Waals surface area contributed by atoms with Crippen molar-refractivity contribution in [2.24, 2.45) is 0 Å². The number of halogens is 1. The molecule has 1 aliphatic rings. The molecule has 0 N–H and O–H groups in total. The Kier molecular flexibility index (Phi) is 4.44. The van der Waals surface area contributed by atoms with E-state index in [1.165, 1.54) is 5.56 Å². The fourth-order valence-electron chi connectivity index (χ4n) is 1.89. The molecular formula is C14H16BrNO2. The number of ether oxygens (including phenoxy) is 2. The summed E-state index contributed by atoms with van der Waals surface area (Å²) in [5.41, 5.74) is 1.17. The molecule has 0 fully saturated rings. The maximum Gasteiger partial charge on any atom is 0.231 e. The van der Waals surface area contributed by atoms with Gasteiger partial charge in [0.15, 0.2) is 11.5 Å². The summed E-state index contributed by atoms with van der Waals surface area (Å²) in [6.07, 6.45) is 3.79. The average molecular weight is 310 g/mol. The van der Waals surface area contributed by atoms with Gasteiger partial charge in [-0.2, -0.15) is 0 Å². The van der Waals surface area contributed by atoms with Gasteiger partial charge >= 0.3 is 0 Å². The van der Waals surface area contributed by atoms with Crippen LogP contribution in [0.4, 0.5) is 0 Å². The van der Waals surface area contributed by atoms with Crippen LogP contribution >= 0.6 is 15.9 Å². The molecule has 0 aliphatic carbocycles. The number of rotatable bonds is 6. The van der Waals surface area contributed by atoms with Gasteiger partial charge in [0.2, 0.25) is 6.79 Å². The molecule has 96 valence electrons. The Morgan fingerprint density at radius 2 is 1.78 bits per heavy atom. The van der Waals surface area contributed by atoms with E-state index in [1.807, 2.05) is 24.3 Å². The second-order valence-electron chi connectivity index (χ2n) is 4.07. The number of fused-ring (bicyclic) bond motifs is 1. The monoisotopic (exact) mass is 309 g/mol. The summed E-state index contributed by atoms with van der Waals surface area (Å²) in [5.74, 6) is 1.61. The highest BCUT2D eigenvalue weighted by atomic mass is 79.9. The van der Waals surface area contributed by atoms with Crippen molar-refractivity contribution in [2.75, 3.05) is 19.9 Å². The van der Waals surface area contributed by atoms with E-state index in [-0.39, 0.29) is 0 Å². The normalized spacial score (nSPS) is 12.8. The fourth-order valence-corrected chi connectivity index (χ4v) is 2.34. The van der Waals surface area contributed by atoms with Crippen LogP contribution in [0.1, 0.15) is 5.56 Å². The van der Waals surface area contributed by atoms with E-state index < -0.39 is 0 Å². The van der Waals surface area contributed by atoms with E-state index in [1.54, 1.807) is 0 Å². The summed E-state index contributed by atoms with van der Waals surface area (Å²) in [7, 11) is 0. The maximum atomic E-state index is 5.39. The van der Waals surface area contributed by atoms with Gasteiger partial charge < -0.3 is 9.47 Å². The zero-order valence-corrected chi connectivity index (χ0v) is 11.8. The first kappa shape index (κ1) is 13.2. The third kappa shape index (κ3) is 2.94. The van der Waals surface area contributed by atoms with Crippen LogP contribution in [0.3, 0.4) is 0 Å². The van der Waals surface area contributed by atoms with Gasteiger partial charge in [-0.05, 0) is 17.7 Å². The second kappa shape index (κ2) is 6.07. The molecule has 0 spiro atoms. The first-order valence-corrected chi connectivity index (χ1v) is 6.56. The predicted octanol–water partition coefficient (Wildman–Crippen LogP) is 3.35. The lowest BCUT2D eigenvalue weighted by molar-refractivity contribution is 0.174. The molecule has 18 heavy (non-hydrogen) atoms. The minimum absolute atomic E-state index is 0.300. The van der Waals surface area contributed by atoms with Gasteiger partial charge in [0.25, 0.3) is 0 Å². The molecule has 1 heterocycles. The Balaban J connectivity index is 2.17. The van der Waals surface area contributed by atoms with E-state index in [0.717, 1.165) is 35.6 Å². The van der Waals surface area contributed by atoms with E-state index in [2.05, 4.69) is 34.0 Å². The lowest BCUT2D eigenvalue weighted by atomic mass is 10.2. The number of hydrogen-bond acceptors (Lipinski definition) is 3. The molecule has 0 radical (unpaired) electrons. The first-order valence-electron chi connectivity index (χ1n) is 5.76. The Morgan fingerprint density at radius 3 is 2.39 bits per heavy atom. The standard InChI is InChI=1S/C14H16BrNO2/c1-3-5-16(6-4-2)9-11-7-13-14(8-12(11)15)18-10-17-13/h3-4,7-8H,1-2,5-6,9-10H2. The lowest BCUT2D eigenvalue weighted by Crippen LogP contribution is -2.23. The summed E-state index contributed by atoms with van der Waals surface area (Å²) in [4.78, 5) is 2.24. The van der Waals surface area contributed by atoms with Crippen molar-refractivity contribution in [3.63, 3.8) is 0 Å². The molecular weight excluding hydrogens is 294 g/mol. The summed E-state index contributed by atoms with van der Waals surface area (Å²) in [6.45, 7) is 10.3. The predicted molar refractivity (Wildman–Crippen MR) is 75.9 cm³/mol. The van der Waals surface area contributed by atoms with Crippen molar-refractivity contribution in [1.82, 2.24) is 4.90 Å². The van der Waals surface area contributed by atoms with Crippen molar-refractivity contribution in [1.29, 1.82) is 0 Å². The molecule has 1 aromatic carbocycles. The Labute approximate surface area is 116 Å². The topological polar surface area (TPSA) is 21.7 Å². The molecule has 0 atom stereocenters. The van der Waals surface area contributed by atoms with Gasteiger partial charge in [-0.3, -0.25) is 4.90 Å². The summed E-state index contributed by atoms with van der Waals surface area (Å²) < 4.78 is 11.8. The first-order chi connectivity index (χ1) is 8.74. The molecule has 0 unspecified atom stereocenters. The van der Waals surface area contributed by atoms with Crippen LogP contribution < -0.4 is 9.47 Å². The Morgan fingerprint density at radius 1 is 1.17 bits per heavy atom. The highest BCUT2D eigenvalue weighted by Gasteiger charge is 2.17. The van der Waals surface area contributed by atoms with Gasteiger partial charge in [-0.1, -0.05) is 28.1 Å². The van der Waals surface area contributed by atoms with Crippen molar-refractivity contribution >= 4 is 15.9 Å². The Bertz CT molecular complexity index is 449. The van der Waals surface area contributed by atoms with Crippen LogP contribution in [0, 0.1) is 0 Å². The van der Waals surface area contributed by atoms with Crippen LogP contribution in [0.5, 0.6) is 11.5 Å². The van der Waals surface area contributed by atoms with Gasteiger partial charge in [-0.25, -0.2) is 0 Å². The minimum atomic E-state index is 0.300. The van der Waals surface area contributed by atoms with Gasteiger partial charge in [0.1, 0.15) is 0 Å². The van der Waals surface area contributed by atoms with Gasteiger partial charge in [0.05, 0.1) is 0 Å². The zero-order valence-electron chi connectivity index (χ0n) is 10.2. The summed E-state index contributed by atoms with van der Waals surface area (Å²) >= 11 is 3.57.